The lowest BCUT2D eigenvalue weighted by Gasteiger charge is -2.12. The molecular formula is C26H21N3O7. The SMILES string of the molecule is CCOc1cc(C=C(C#N)C(=O)Nc2ccccc2[N+](=O)[O-])ccc1OC(=O)c1ccc(OC)cc1. The molecule has 0 heterocycles. The summed E-state index contributed by atoms with van der Waals surface area (Å²) in [5, 5.41) is 23.1. The van der Waals surface area contributed by atoms with E-state index in [1.165, 1.54) is 55.7 Å². The molecule has 10 nitrogen and oxygen atoms in total. The summed E-state index contributed by atoms with van der Waals surface area (Å²) in [6, 6.07) is 18.3. The van der Waals surface area contributed by atoms with Crippen molar-refractivity contribution in [3.8, 4) is 23.3 Å². The second kappa shape index (κ2) is 11.8. The van der Waals surface area contributed by atoms with Gasteiger partial charge in [-0.2, -0.15) is 5.26 Å². The lowest BCUT2D eigenvalue weighted by molar-refractivity contribution is -0.383. The predicted molar refractivity (Wildman–Crippen MR) is 131 cm³/mol. The minimum absolute atomic E-state index is 0.0375. The fraction of sp³-hybridized carbons (Fsp3) is 0.115. The van der Waals surface area contributed by atoms with E-state index in [9.17, 15) is 25.0 Å². The summed E-state index contributed by atoms with van der Waals surface area (Å²) >= 11 is 0. The molecule has 0 fully saturated rings. The number of nitrogens with one attached hydrogen (secondary N) is 1. The van der Waals surface area contributed by atoms with Gasteiger partial charge in [0.2, 0.25) is 0 Å². The quantitative estimate of drug-likeness (QED) is 0.114. The van der Waals surface area contributed by atoms with Gasteiger partial charge in [-0.25, -0.2) is 4.79 Å². The van der Waals surface area contributed by atoms with Crippen LogP contribution in [-0.2, 0) is 4.79 Å². The number of amides is 1. The Morgan fingerprint density at radius 1 is 1.08 bits per heavy atom. The average molecular weight is 487 g/mol. The van der Waals surface area contributed by atoms with E-state index in [0.717, 1.165) is 0 Å². The minimum Gasteiger partial charge on any atom is -0.497 e. The van der Waals surface area contributed by atoms with Crippen molar-refractivity contribution in [2.24, 2.45) is 0 Å². The van der Waals surface area contributed by atoms with Crippen LogP contribution in [0.2, 0.25) is 0 Å². The van der Waals surface area contributed by atoms with Crippen LogP contribution in [0.4, 0.5) is 11.4 Å². The van der Waals surface area contributed by atoms with E-state index in [0.29, 0.717) is 16.9 Å². The Balaban J connectivity index is 1.83. The summed E-state index contributed by atoms with van der Waals surface area (Å²) in [5.74, 6) is -0.456. The molecule has 1 amide bonds. The van der Waals surface area contributed by atoms with Gasteiger partial charge in [-0.05, 0) is 61.0 Å². The molecule has 10 heteroatoms. The summed E-state index contributed by atoms with van der Waals surface area (Å²) in [4.78, 5) is 35.7. The van der Waals surface area contributed by atoms with E-state index in [-0.39, 0.29) is 35.1 Å². The largest absolute Gasteiger partial charge is 0.497 e. The zero-order valence-electron chi connectivity index (χ0n) is 19.4. The number of carbonyl (C=O) groups is 2. The van der Waals surface area contributed by atoms with Gasteiger partial charge in [0.25, 0.3) is 11.6 Å². The summed E-state index contributed by atoms with van der Waals surface area (Å²) in [5.41, 5.74) is 0.0884. The molecule has 0 unspecified atom stereocenters. The molecule has 3 aromatic carbocycles. The van der Waals surface area contributed by atoms with Crippen LogP contribution < -0.4 is 19.5 Å². The third-order valence-corrected chi connectivity index (χ3v) is 4.82. The van der Waals surface area contributed by atoms with Crippen molar-refractivity contribution in [3.05, 3.63) is 93.5 Å². The maximum Gasteiger partial charge on any atom is 0.343 e. The topological polar surface area (TPSA) is 141 Å². The van der Waals surface area contributed by atoms with E-state index in [1.54, 1.807) is 37.3 Å². The molecule has 0 saturated heterocycles. The Hall–Kier alpha value is -5.17. The molecule has 0 bridgehead atoms. The zero-order valence-corrected chi connectivity index (χ0v) is 19.4. The van der Waals surface area contributed by atoms with Gasteiger partial charge in [0.05, 0.1) is 24.2 Å². The highest BCUT2D eigenvalue weighted by molar-refractivity contribution is 6.10. The standard InChI is InChI=1S/C26H21N3O7/c1-3-35-24-15-17(8-13-23(24)36-26(31)18-9-11-20(34-2)12-10-18)14-19(16-27)25(30)28-21-6-4-5-7-22(21)29(32)33/h4-15H,3H2,1-2H3,(H,28,30). The van der Waals surface area contributed by atoms with Gasteiger partial charge >= 0.3 is 5.97 Å². The zero-order chi connectivity index (χ0) is 26.1. The van der Waals surface area contributed by atoms with Crippen molar-refractivity contribution in [1.82, 2.24) is 0 Å². The predicted octanol–water partition coefficient (Wildman–Crippen LogP) is 4.77. The molecule has 182 valence electrons. The number of ether oxygens (including phenoxy) is 3. The number of methoxy groups -OCH3 is 1. The molecule has 3 aromatic rings. The molecule has 0 spiro atoms. The molecule has 0 aliphatic carbocycles. The van der Waals surface area contributed by atoms with Crippen molar-refractivity contribution >= 4 is 29.3 Å². The number of hydrogen-bond donors (Lipinski definition) is 1. The molecule has 0 atom stereocenters. The Morgan fingerprint density at radius 2 is 1.81 bits per heavy atom. The number of nitro groups is 1. The number of esters is 1. The van der Waals surface area contributed by atoms with Gasteiger partial charge in [0.15, 0.2) is 11.5 Å². The van der Waals surface area contributed by atoms with Crippen LogP contribution in [0.1, 0.15) is 22.8 Å². The molecule has 0 aromatic heterocycles. The maximum absolute atomic E-state index is 12.6. The van der Waals surface area contributed by atoms with Crippen LogP contribution in [0.25, 0.3) is 6.08 Å². The number of para-hydroxylation sites is 2. The number of anilines is 1. The lowest BCUT2D eigenvalue weighted by Crippen LogP contribution is -2.14. The van der Waals surface area contributed by atoms with Crippen molar-refractivity contribution in [2.45, 2.75) is 6.92 Å². The van der Waals surface area contributed by atoms with E-state index in [4.69, 9.17) is 14.2 Å². The molecule has 0 saturated carbocycles. The monoisotopic (exact) mass is 487 g/mol. The van der Waals surface area contributed by atoms with Crippen molar-refractivity contribution < 1.29 is 28.7 Å². The van der Waals surface area contributed by atoms with Crippen LogP contribution >= 0.6 is 0 Å². The average Bonchev–Trinajstić information content (AvgIpc) is 2.88. The molecule has 1 N–H and O–H groups in total. The number of rotatable bonds is 9. The van der Waals surface area contributed by atoms with Crippen LogP contribution in [0.15, 0.2) is 72.3 Å². The van der Waals surface area contributed by atoms with E-state index in [1.807, 2.05) is 0 Å². The first-order valence-corrected chi connectivity index (χ1v) is 10.7. The van der Waals surface area contributed by atoms with Crippen LogP contribution in [0, 0.1) is 21.4 Å². The number of benzene rings is 3. The fourth-order valence-electron chi connectivity index (χ4n) is 3.10. The molecular weight excluding hydrogens is 466 g/mol. The van der Waals surface area contributed by atoms with Gasteiger partial charge in [-0.15, -0.1) is 0 Å². The highest BCUT2D eigenvalue weighted by Gasteiger charge is 2.18. The molecule has 3 rings (SSSR count). The van der Waals surface area contributed by atoms with Gasteiger partial charge in [-0.3, -0.25) is 14.9 Å². The van der Waals surface area contributed by atoms with E-state index < -0.39 is 16.8 Å². The van der Waals surface area contributed by atoms with Crippen LogP contribution in [0.5, 0.6) is 17.2 Å². The molecule has 36 heavy (non-hydrogen) atoms. The number of nitrogens with zero attached hydrogens (tertiary/aromatic N) is 2. The molecule has 0 aliphatic rings. The van der Waals surface area contributed by atoms with Crippen molar-refractivity contribution in [3.63, 3.8) is 0 Å². The third kappa shape index (κ3) is 6.24. The van der Waals surface area contributed by atoms with Gasteiger partial charge in [-0.1, -0.05) is 18.2 Å². The Morgan fingerprint density at radius 3 is 2.44 bits per heavy atom. The van der Waals surface area contributed by atoms with Crippen LogP contribution in [-0.4, -0.2) is 30.5 Å². The fourth-order valence-corrected chi connectivity index (χ4v) is 3.10. The first kappa shape index (κ1) is 25.5. The number of carbonyl (C=O) groups excluding carboxylic acids is 2. The minimum atomic E-state index is -0.820. The summed E-state index contributed by atoms with van der Waals surface area (Å²) in [6.07, 6.45) is 1.29. The van der Waals surface area contributed by atoms with Gasteiger partial charge in [0, 0.05) is 6.07 Å². The first-order chi connectivity index (χ1) is 17.4. The first-order valence-electron chi connectivity index (χ1n) is 10.7. The number of nitriles is 1. The molecule has 0 radical (unpaired) electrons. The van der Waals surface area contributed by atoms with Crippen molar-refractivity contribution in [2.75, 3.05) is 19.0 Å². The Bertz CT molecular complexity index is 1360. The van der Waals surface area contributed by atoms with Gasteiger partial charge in [0.1, 0.15) is 23.1 Å². The third-order valence-electron chi connectivity index (χ3n) is 4.82. The molecule has 0 aliphatic heterocycles. The van der Waals surface area contributed by atoms with E-state index >= 15 is 0 Å². The summed E-state index contributed by atoms with van der Waals surface area (Å²) in [7, 11) is 1.52. The normalized spacial score (nSPS) is 10.6. The Kier molecular flexibility index (Phi) is 8.35. The second-order valence-electron chi connectivity index (χ2n) is 7.16. The number of hydrogen-bond acceptors (Lipinski definition) is 8. The lowest BCUT2D eigenvalue weighted by atomic mass is 10.1. The van der Waals surface area contributed by atoms with E-state index in [2.05, 4.69) is 5.32 Å². The summed E-state index contributed by atoms with van der Waals surface area (Å²) in [6.45, 7) is 2.02. The number of nitro benzene ring substituents is 1. The van der Waals surface area contributed by atoms with Crippen molar-refractivity contribution in [1.29, 1.82) is 5.26 Å². The Labute approximate surface area is 206 Å². The van der Waals surface area contributed by atoms with Gasteiger partial charge < -0.3 is 19.5 Å². The highest BCUT2D eigenvalue weighted by atomic mass is 16.6. The second-order valence-corrected chi connectivity index (χ2v) is 7.16. The summed E-state index contributed by atoms with van der Waals surface area (Å²) < 4.78 is 16.1. The maximum atomic E-state index is 12.6. The van der Waals surface area contributed by atoms with Crippen LogP contribution in [0.3, 0.4) is 0 Å². The smallest absolute Gasteiger partial charge is 0.343 e. The highest BCUT2D eigenvalue weighted by Crippen LogP contribution is 2.31.